The van der Waals surface area contributed by atoms with Gasteiger partial charge < -0.3 is 4.74 Å². The van der Waals surface area contributed by atoms with Gasteiger partial charge in [0.05, 0.1) is 0 Å². The Morgan fingerprint density at radius 1 is 1.44 bits per heavy atom. The maximum atomic E-state index is 11.3. The van der Waals surface area contributed by atoms with Crippen molar-refractivity contribution in [2.75, 3.05) is 0 Å². The Balaban J connectivity index is 2.96. The lowest BCUT2D eigenvalue weighted by atomic mass is 9.91. The van der Waals surface area contributed by atoms with E-state index in [1.165, 1.54) is 6.08 Å². The number of benzene rings is 1. The fraction of sp³-hybridized carbons (Fsp3) is 0.357. The monoisotopic (exact) mass is 218 g/mol. The van der Waals surface area contributed by atoms with Crippen LogP contribution in [0.25, 0.3) is 0 Å². The van der Waals surface area contributed by atoms with Gasteiger partial charge in [0, 0.05) is 6.08 Å². The molecular weight excluding hydrogens is 200 g/mol. The van der Waals surface area contributed by atoms with Crippen molar-refractivity contribution in [2.45, 2.75) is 32.3 Å². The predicted octanol–water partition coefficient (Wildman–Crippen LogP) is 3.43. The fourth-order valence-corrected chi connectivity index (χ4v) is 1.79. The standard InChI is InChI=1S/C14H18O2/c1-4-11-14(3,16-13(15)5-2)12-9-7-6-8-10-12/h5-10H,2,4,11H2,1,3H3. The lowest BCUT2D eigenvalue weighted by Gasteiger charge is -2.29. The van der Waals surface area contributed by atoms with E-state index in [9.17, 15) is 4.79 Å². The highest BCUT2D eigenvalue weighted by molar-refractivity contribution is 5.81. The maximum absolute atomic E-state index is 11.3. The Labute approximate surface area is 96.9 Å². The van der Waals surface area contributed by atoms with Gasteiger partial charge in [0.2, 0.25) is 0 Å². The number of carbonyl (C=O) groups excluding carboxylic acids is 1. The first-order valence-electron chi connectivity index (χ1n) is 5.53. The smallest absolute Gasteiger partial charge is 0.331 e. The van der Waals surface area contributed by atoms with Crippen molar-refractivity contribution in [3.63, 3.8) is 0 Å². The first kappa shape index (κ1) is 12.5. The second-order valence-corrected chi connectivity index (χ2v) is 3.97. The van der Waals surface area contributed by atoms with Crippen LogP contribution in [-0.4, -0.2) is 5.97 Å². The topological polar surface area (TPSA) is 26.3 Å². The van der Waals surface area contributed by atoms with Gasteiger partial charge in [0.15, 0.2) is 0 Å². The third-order valence-corrected chi connectivity index (χ3v) is 2.60. The fourth-order valence-electron chi connectivity index (χ4n) is 1.79. The van der Waals surface area contributed by atoms with E-state index in [-0.39, 0.29) is 5.97 Å². The highest BCUT2D eigenvalue weighted by Crippen LogP contribution is 2.30. The van der Waals surface area contributed by atoms with Crippen LogP contribution in [0.2, 0.25) is 0 Å². The van der Waals surface area contributed by atoms with Crippen molar-refractivity contribution >= 4 is 5.97 Å². The molecule has 0 spiro atoms. The molecule has 1 rings (SSSR count). The van der Waals surface area contributed by atoms with Gasteiger partial charge in [0.25, 0.3) is 0 Å². The number of ether oxygens (including phenoxy) is 1. The van der Waals surface area contributed by atoms with Crippen LogP contribution in [0.4, 0.5) is 0 Å². The number of hydrogen-bond acceptors (Lipinski definition) is 2. The second-order valence-electron chi connectivity index (χ2n) is 3.97. The van der Waals surface area contributed by atoms with E-state index in [1.807, 2.05) is 37.3 Å². The van der Waals surface area contributed by atoms with Crippen LogP contribution in [-0.2, 0) is 15.1 Å². The summed E-state index contributed by atoms with van der Waals surface area (Å²) >= 11 is 0. The number of hydrogen-bond donors (Lipinski definition) is 0. The minimum Gasteiger partial charge on any atom is -0.451 e. The van der Waals surface area contributed by atoms with Gasteiger partial charge in [-0.3, -0.25) is 0 Å². The van der Waals surface area contributed by atoms with E-state index >= 15 is 0 Å². The molecule has 0 bridgehead atoms. The molecule has 0 aliphatic carbocycles. The average Bonchev–Trinajstić information content (AvgIpc) is 2.30. The van der Waals surface area contributed by atoms with Gasteiger partial charge in [0.1, 0.15) is 5.60 Å². The first-order chi connectivity index (χ1) is 7.62. The summed E-state index contributed by atoms with van der Waals surface area (Å²) in [6, 6.07) is 9.80. The molecule has 0 amide bonds. The molecule has 2 heteroatoms. The molecule has 0 aromatic heterocycles. The summed E-state index contributed by atoms with van der Waals surface area (Å²) in [5, 5.41) is 0. The Hall–Kier alpha value is -1.57. The van der Waals surface area contributed by atoms with Crippen molar-refractivity contribution in [1.82, 2.24) is 0 Å². The molecule has 1 aromatic rings. The van der Waals surface area contributed by atoms with Crippen LogP contribution < -0.4 is 0 Å². The SMILES string of the molecule is C=CC(=O)OC(C)(CCC)c1ccccc1. The van der Waals surface area contributed by atoms with Gasteiger partial charge in [-0.25, -0.2) is 4.79 Å². The minimum absolute atomic E-state index is 0.375. The predicted molar refractivity (Wildman–Crippen MR) is 65.0 cm³/mol. The van der Waals surface area contributed by atoms with Gasteiger partial charge in [-0.15, -0.1) is 0 Å². The van der Waals surface area contributed by atoms with Gasteiger partial charge in [-0.2, -0.15) is 0 Å². The van der Waals surface area contributed by atoms with Crippen molar-refractivity contribution in [3.05, 3.63) is 48.6 Å². The van der Waals surface area contributed by atoms with Crippen molar-refractivity contribution < 1.29 is 9.53 Å². The molecule has 0 aliphatic heterocycles. The van der Waals surface area contributed by atoms with Crippen molar-refractivity contribution in [3.8, 4) is 0 Å². The van der Waals surface area contributed by atoms with E-state index in [1.54, 1.807) is 0 Å². The molecule has 0 radical (unpaired) electrons. The summed E-state index contributed by atoms with van der Waals surface area (Å²) in [6.07, 6.45) is 2.96. The number of rotatable bonds is 5. The van der Waals surface area contributed by atoms with E-state index in [4.69, 9.17) is 4.74 Å². The van der Waals surface area contributed by atoms with E-state index < -0.39 is 5.60 Å². The third-order valence-electron chi connectivity index (χ3n) is 2.60. The van der Waals surface area contributed by atoms with Crippen LogP contribution in [0.3, 0.4) is 0 Å². The Kier molecular flexibility index (Phi) is 4.29. The summed E-state index contributed by atoms with van der Waals surface area (Å²) in [4.78, 5) is 11.3. The van der Waals surface area contributed by atoms with E-state index in [0.717, 1.165) is 18.4 Å². The van der Waals surface area contributed by atoms with Crippen LogP contribution >= 0.6 is 0 Å². The van der Waals surface area contributed by atoms with Crippen molar-refractivity contribution in [2.24, 2.45) is 0 Å². The molecule has 1 unspecified atom stereocenters. The Morgan fingerprint density at radius 3 is 2.56 bits per heavy atom. The highest BCUT2D eigenvalue weighted by atomic mass is 16.6. The molecule has 0 saturated carbocycles. The molecule has 86 valence electrons. The summed E-state index contributed by atoms with van der Waals surface area (Å²) in [5.74, 6) is -0.375. The summed E-state index contributed by atoms with van der Waals surface area (Å²) < 4.78 is 5.46. The largest absolute Gasteiger partial charge is 0.451 e. The van der Waals surface area contributed by atoms with Crippen LogP contribution in [0.5, 0.6) is 0 Å². The van der Waals surface area contributed by atoms with Gasteiger partial charge >= 0.3 is 5.97 Å². The van der Waals surface area contributed by atoms with Crippen LogP contribution in [0.1, 0.15) is 32.3 Å². The number of carbonyl (C=O) groups is 1. The normalized spacial score (nSPS) is 13.9. The molecule has 1 atom stereocenters. The lowest BCUT2D eigenvalue weighted by molar-refractivity contribution is -0.153. The molecule has 2 nitrogen and oxygen atoms in total. The molecular formula is C14H18O2. The lowest BCUT2D eigenvalue weighted by Crippen LogP contribution is -2.28. The molecule has 0 N–H and O–H groups in total. The number of esters is 1. The van der Waals surface area contributed by atoms with Crippen LogP contribution in [0.15, 0.2) is 43.0 Å². The van der Waals surface area contributed by atoms with Crippen molar-refractivity contribution in [1.29, 1.82) is 0 Å². The highest BCUT2D eigenvalue weighted by Gasteiger charge is 2.28. The van der Waals surface area contributed by atoms with Gasteiger partial charge in [-0.05, 0) is 18.9 Å². The first-order valence-corrected chi connectivity index (χ1v) is 5.53. The Morgan fingerprint density at radius 2 is 2.06 bits per heavy atom. The van der Waals surface area contributed by atoms with Crippen LogP contribution in [0, 0.1) is 0 Å². The molecule has 0 saturated heterocycles. The Bertz CT molecular complexity index is 356. The van der Waals surface area contributed by atoms with E-state index in [0.29, 0.717) is 0 Å². The molecule has 0 aliphatic rings. The second kappa shape index (κ2) is 5.50. The quantitative estimate of drug-likeness (QED) is 0.559. The minimum atomic E-state index is -0.554. The summed E-state index contributed by atoms with van der Waals surface area (Å²) in [5.41, 5.74) is 0.466. The zero-order valence-electron chi connectivity index (χ0n) is 9.90. The maximum Gasteiger partial charge on any atom is 0.331 e. The summed E-state index contributed by atoms with van der Waals surface area (Å²) in [7, 11) is 0. The van der Waals surface area contributed by atoms with Gasteiger partial charge in [-0.1, -0.05) is 50.3 Å². The van der Waals surface area contributed by atoms with E-state index in [2.05, 4.69) is 13.5 Å². The molecule has 16 heavy (non-hydrogen) atoms. The average molecular weight is 218 g/mol. The summed E-state index contributed by atoms with van der Waals surface area (Å²) in [6.45, 7) is 7.43. The third kappa shape index (κ3) is 2.96. The zero-order chi connectivity index (χ0) is 12.0. The molecule has 0 heterocycles. The zero-order valence-corrected chi connectivity index (χ0v) is 9.90. The molecule has 1 aromatic carbocycles. The molecule has 0 fully saturated rings.